The fourth-order valence-electron chi connectivity index (χ4n) is 1.89. The van der Waals surface area contributed by atoms with Crippen molar-refractivity contribution < 1.29 is 0 Å². The zero-order valence-corrected chi connectivity index (χ0v) is 11.1. The smallest absolute Gasteiger partial charge is 0.0492 e. The summed E-state index contributed by atoms with van der Waals surface area (Å²) in [7, 11) is 0. The first-order chi connectivity index (χ1) is 8.35. The summed E-state index contributed by atoms with van der Waals surface area (Å²) in [6.07, 6.45) is 9.55. The Morgan fingerprint density at radius 3 is 1.47 bits per heavy atom. The normalized spacial score (nSPS) is 10.4. The van der Waals surface area contributed by atoms with Crippen LogP contribution in [0.4, 0.5) is 0 Å². The van der Waals surface area contributed by atoms with Crippen LogP contribution in [0.5, 0.6) is 0 Å². The molecule has 98 valence electrons. The average molecular weight is 237 g/mol. The highest BCUT2D eigenvalue weighted by atomic mass is 14.7. The van der Waals surface area contributed by atoms with Crippen molar-refractivity contribution in [2.75, 3.05) is 13.1 Å². The number of unbranched alkanes of at least 4 members (excludes halogenated alkanes) is 4. The minimum absolute atomic E-state index is 0.448. The van der Waals surface area contributed by atoms with E-state index in [1.54, 1.807) is 0 Å². The number of rotatable bonds is 13. The second-order valence-corrected chi connectivity index (χ2v) is 4.43. The summed E-state index contributed by atoms with van der Waals surface area (Å²) in [6.45, 7) is 12.4. The van der Waals surface area contributed by atoms with Gasteiger partial charge in [0.1, 0.15) is 0 Å². The van der Waals surface area contributed by atoms with E-state index in [9.17, 15) is 0 Å². The molecule has 3 heteroatoms. The zero-order valence-electron chi connectivity index (χ0n) is 11.1. The van der Waals surface area contributed by atoms with Gasteiger partial charge in [0, 0.05) is 19.1 Å². The van der Waals surface area contributed by atoms with Gasteiger partial charge in [-0.2, -0.15) is 0 Å². The summed E-state index contributed by atoms with van der Waals surface area (Å²) in [4.78, 5) is 11.9. The lowest BCUT2D eigenvalue weighted by Gasteiger charge is -2.11. The standard InChI is InChI=1S/C14H27N3/c1-15-12-8-4-6-10-14(17-3)11-7-5-9-13-16-2/h14H,1-13H2. The molecule has 0 aliphatic carbocycles. The van der Waals surface area contributed by atoms with Crippen LogP contribution >= 0.6 is 0 Å². The number of hydrogen-bond donors (Lipinski definition) is 0. The third-order valence-electron chi connectivity index (χ3n) is 2.97. The summed E-state index contributed by atoms with van der Waals surface area (Å²) in [6, 6.07) is 0.448. The molecule has 0 aliphatic heterocycles. The molecule has 0 unspecified atom stereocenters. The van der Waals surface area contributed by atoms with Crippen LogP contribution in [0.2, 0.25) is 0 Å². The van der Waals surface area contributed by atoms with Gasteiger partial charge in [-0.3, -0.25) is 4.99 Å². The molecule has 0 radical (unpaired) electrons. The van der Waals surface area contributed by atoms with Crippen LogP contribution in [-0.2, 0) is 0 Å². The van der Waals surface area contributed by atoms with Crippen molar-refractivity contribution >= 4 is 20.2 Å². The van der Waals surface area contributed by atoms with Crippen LogP contribution in [-0.4, -0.2) is 39.3 Å². The van der Waals surface area contributed by atoms with Crippen LogP contribution < -0.4 is 0 Å². The lowest BCUT2D eigenvalue weighted by atomic mass is 10.0. The van der Waals surface area contributed by atoms with E-state index in [1.165, 1.54) is 38.5 Å². The Morgan fingerprint density at radius 2 is 1.12 bits per heavy atom. The highest BCUT2D eigenvalue weighted by molar-refractivity contribution is 5.24. The Labute approximate surface area is 106 Å². The first-order valence-corrected chi connectivity index (χ1v) is 6.66. The van der Waals surface area contributed by atoms with Gasteiger partial charge in [0.05, 0.1) is 0 Å². The average Bonchev–Trinajstić information content (AvgIpc) is 2.36. The van der Waals surface area contributed by atoms with E-state index in [0.717, 1.165) is 25.9 Å². The second-order valence-electron chi connectivity index (χ2n) is 4.43. The van der Waals surface area contributed by atoms with Gasteiger partial charge < -0.3 is 9.98 Å². The molecule has 0 heterocycles. The lowest BCUT2D eigenvalue weighted by Crippen LogP contribution is -2.04. The molecule has 0 N–H and O–H groups in total. The molecule has 0 saturated heterocycles. The van der Waals surface area contributed by atoms with Gasteiger partial charge in [-0.1, -0.05) is 25.7 Å². The quantitative estimate of drug-likeness (QED) is 0.347. The van der Waals surface area contributed by atoms with Crippen LogP contribution in [0.25, 0.3) is 0 Å². The molecular formula is C14H27N3. The van der Waals surface area contributed by atoms with Gasteiger partial charge in [-0.05, 0) is 45.8 Å². The number of aliphatic imine (C=N–C) groups is 3. The van der Waals surface area contributed by atoms with Crippen molar-refractivity contribution in [3.8, 4) is 0 Å². The molecule has 0 amide bonds. The molecule has 0 aromatic rings. The van der Waals surface area contributed by atoms with Gasteiger partial charge in [-0.15, -0.1) is 0 Å². The van der Waals surface area contributed by atoms with Crippen LogP contribution in [0.15, 0.2) is 15.0 Å². The van der Waals surface area contributed by atoms with Gasteiger partial charge in [0.25, 0.3) is 0 Å². The van der Waals surface area contributed by atoms with Crippen molar-refractivity contribution in [1.82, 2.24) is 0 Å². The Bertz CT molecular complexity index is 184. The van der Waals surface area contributed by atoms with E-state index < -0.39 is 0 Å². The van der Waals surface area contributed by atoms with Crippen molar-refractivity contribution in [1.29, 1.82) is 0 Å². The zero-order chi connectivity index (χ0) is 12.8. The minimum Gasteiger partial charge on any atom is -0.301 e. The molecule has 3 nitrogen and oxygen atoms in total. The van der Waals surface area contributed by atoms with Crippen LogP contribution in [0.1, 0.15) is 51.4 Å². The topological polar surface area (TPSA) is 37.1 Å². The monoisotopic (exact) mass is 237 g/mol. The highest BCUT2D eigenvalue weighted by Crippen LogP contribution is 2.13. The van der Waals surface area contributed by atoms with E-state index in [2.05, 4.69) is 35.1 Å². The maximum Gasteiger partial charge on any atom is 0.0492 e. The van der Waals surface area contributed by atoms with E-state index >= 15 is 0 Å². The third-order valence-corrected chi connectivity index (χ3v) is 2.97. The van der Waals surface area contributed by atoms with Crippen molar-refractivity contribution in [3.05, 3.63) is 0 Å². The summed E-state index contributed by atoms with van der Waals surface area (Å²) < 4.78 is 0. The first kappa shape index (κ1) is 16.0. The molecule has 0 aliphatic rings. The van der Waals surface area contributed by atoms with E-state index in [0.29, 0.717) is 6.04 Å². The second kappa shape index (κ2) is 13.1. The summed E-state index contributed by atoms with van der Waals surface area (Å²) in [5.74, 6) is 0. The predicted octanol–water partition coefficient (Wildman–Crippen LogP) is 3.58. The largest absolute Gasteiger partial charge is 0.301 e. The van der Waals surface area contributed by atoms with Gasteiger partial charge in [0.2, 0.25) is 0 Å². The van der Waals surface area contributed by atoms with Gasteiger partial charge in [0.15, 0.2) is 0 Å². The maximum atomic E-state index is 4.20. The Kier molecular flexibility index (Phi) is 12.3. The molecule has 0 saturated carbocycles. The fourth-order valence-corrected chi connectivity index (χ4v) is 1.89. The molecule has 0 rings (SSSR count). The predicted molar refractivity (Wildman–Crippen MR) is 79.1 cm³/mol. The van der Waals surface area contributed by atoms with Crippen molar-refractivity contribution in [2.45, 2.75) is 57.4 Å². The van der Waals surface area contributed by atoms with Crippen LogP contribution in [0, 0.1) is 0 Å². The SMILES string of the molecule is C=NCCCCCC(CCCCCN=C)N=C. The van der Waals surface area contributed by atoms with Gasteiger partial charge >= 0.3 is 0 Å². The van der Waals surface area contributed by atoms with E-state index in [-0.39, 0.29) is 0 Å². The highest BCUT2D eigenvalue weighted by Gasteiger charge is 2.04. The lowest BCUT2D eigenvalue weighted by molar-refractivity contribution is 0.501. The number of nitrogens with zero attached hydrogens (tertiary/aromatic N) is 3. The molecular weight excluding hydrogens is 210 g/mol. The third kappa shape index (κ3) is 11.3. The molecule has 0 fully saturated rings. The summed E-state index contributed by atoms with van der Waals surface area (Å²) >= 11 is 0. The minimum atomic E-state index is 0.448. The molecule has 0 atom stereocenters. The van der Waals surface area contributed by atoms with Crippen molar-refractivity contribution in [3.63, 3.8) is 0 Å². The molecule has 0 bridgehead atoms. The summed E-state index contributed by atoms with van der Waals surface area (Å²) in [5.41, 5.74) is 0. The summed E-state index contributed by atoms with van der Waals surface area (Å²) in [5, 5.41) is 0. The van der Waals surface area contributed by atoms with E-state index in [1.807, 2.05) is 0 Å². The van der Waals surface area contributed by atoms with Gasteiger partial charge in [-0.25, -0.2) is 0 Å². The first-order valence-electron chi connectivity index (χ1n) is 6.66. The molecule has 17 heavy (non-hydrogen) atoms. The molecule has 0 aromatic carbocycles. The molecule has 0 aromatic heterocycles. The number of hydrogen-bond acceptors (Lipinski definition) is 3. The van der Waals surface area contributed by atoms with Crippen molar-refractivity contribution in [2.24, 2.45) is 15.0 Å². The molecule has 0 spiro atoms. The Morgan fingerprint density at radius 1 is 0.647 bits per heavy atom. The van der Waals surface area contributed by atoms with Crippen LogP contribution in [0.3, 0.4) is 0 Å². The Balaban J connectivity index is 3.38. The Hall–Kier alpha value is -0.990. The maximum absolute atomic E-state index is 4.20. The fraction of sp³-hybridized carbons (Fsp3) is 0.786. The van der Waals surface area contributed by atoms with E-state index in [4.69, 9.17) is 0 Å².